The van der Waals surface area contributed by atoms with Gasteiger partial charge in [0.1, 0.15) is 0 Å². The topological polar surface area (TPSA) is 80.9 Å². The van der Waals surface area contributed by atoms with Gasteiger partial charge in [0.2, 0.25) is 0 Å². The Bertz CT molecular complexity index is 1090. The number of hydrogen-bond donors (Lipinski definition) is 1. The number of hydrogen-bond acceptors (Lipinski definition) is 4. The zero-order chi connectivity index (χ0) is 22.4. The van der Waals surface area contributed by atoms with Gasteiger partial charge < -0.3 is 9.29 Å². The van der Waals surface area contributed by atoms with Gasteiger partial charge >= 0.3 is 5.97 Å². The SMILES string of the molecule is CCOC(=O)CCCCc1c(C)nn2c(CC)ccc2c1-c1cccc(CS(=O)O)c1. The molecule has 1 N–H and O–H groups in total. The van der Waals surface area contributed by atoms with Gasteiger partial charge in [-0.25, -0.2) is 8.72 Å². The van der Waals surface area contributed by atoms with Gasteiger partial charge in [-0.2, -0.15) is 5.10 Å². The molecule has 1 atom stereocenters. The van der Waals surface area contributed by atoms with Crippen molar-refractivity contribution >= 4 is 22.6 Å². The highest BCUT2D eigenvalue weighted by Crippen LogP contribution is 2.33. The van der Waals surface area contributed by atoms with Gasteiger partial charge in [0.25, 0.3) is 0 Å². The summed E-state index contributed by atoms with van der Waals surface area (Å²) in [4.78, 5) is 11.7. The van der Waals surface area contributed by atoms with E-state index in [0.717, 1.165) is 64.8 Å². The van der Waals surface area contributed by atoms with Crippen molar-refractivity contribution in [3.05, 3.63) is 58.9 Å². The number of aryl methyl sites for hydroxylation is 2. The molecule has 0 saturated carbocycles. The average molecular weight is 443 g/mol. The highest BCUT2D eigenvalue weighted by Gasteiger charge is 2.17. The highest BCUT2D eigenvalue weighted by molar-refractivity contribution is 7.78. The second kappa shape index (κ2) is 10.7. The molecule has 0 aliphatic rings. The number of fused-ring (bicyclic) bond motifs is 1. The molecule has 0 saturated heterocycles. The summed E-state index contributed by atoms with van der Waals surface area (Å²) in [6, 6.07) is 12.0. The third-order valence-corrected chi connectivity index (χ3v) is 5.99. The van der Waals surface area contributed by atoms with Crippen LogP contribution >= 0.6 is 0 Å². The highest BCUT2D eigenvalue weighted by atomic mass is 32.2. The Morgan fingerprint density at radius 2 is 2.00 bits per heavy atom. The van der Waals surface area contributed by atoms with Crippen LogP contribution in [0, 0.1) is 6.92 Å². The van der Waals surface area contributed by atoms with Crippen molar-refractivity contribution in [3.8, 4) is 11.1 Å². The summed E-state index contributed by atoms with van der Waals surface area (Å²) in [6.45, 7) is 6.36. The maximum Gasteiger partial charge on any atom is 0.305 e. The van der Waals surface area contributed by atoms with Crippen LogP contribution in [0.2, 0.25) is 0 Å². The fraction of sp³-hybridized carbons (Fsp3) is 0.417. The van der Waals surface area contributed by atoms with Crippen molar-refractivity contribution in [3.63, 3.8) is 0 Å². The quantitative estimate of drug-likeness (QED) is 0.275. The molecular weight excluding hydrogens is 412 g/mol. The fourth-order valence-electron chi connectivity index (χ4n) is 3.98. The van der Waals surface area contributed by atoms with Crippen LogP contribution in [0.25, 0.3) is 16.6 Å². The summed E-state index contributed by atoms with van der Waals surface area (Å²) in [7, 11) is 0. The molecule has 3 rings (SSSR count). The number of esters is 1. The molecule has 0 bridgehead atoms. The van der Waals surface area contributed by atoms with Crippen LogP contribution in [0.5, 0.6) is 0 Å². The fourth-order valence-corrected chi connectivity index (χ4v) is 4.45. The second-order valence-electron chi connectivity index (χ2n) is 7.59. The van der Waals surface area contributed by atoms with E-state index in [0.29, 0.717) is 13.0 Å². The Hall–Kier alpha value is -2.51. The van der Waals surface area contributed by atoms with Gasteiger partial charge in [-0.15, -0.1) is 0 Å². The molecule has 2 aromatic heterocycles. The van der Waals surface area contributed by atoms with Crippen LogP contribution in [-0.2, 0) is 39.2 Å². The third-order valence-electron chi connectivity index (χ3n) is 5.41. The summed E-state index contributed by atoms with van der Waals surface area (Å²) in [5, 5.41) is 4.84. The standard InChI is InChI=1S/C24H30N2O4S/c1-4-20-13-14-22-24(19-10-8-9-18(15-19)16-31(28)29)21(17(3)25-26(20)22)11-6-7-12-23(27)30-5-2/h8-10,13-15H,4-7,11-12,16H2,1-3H3,(H,28,29). The minimum absolute atomic E-state index is 0.101. The first-order chi connectivity index (χ1) is 14.9. The van der Waals surface area contributed by atoms with Crippen molar-refractivity contribution < 1.29 is 18.3 Å². The average Bonchev–Trinajstić information content (AvgIpc) is 3.13. The first kappa shape index (κ1) is 23.2. The molecule has 2 heterocycles. The number of nitrogens with zero attached hydrogens (tertiary/aromatic N) is 2. The van der Waals surface area contributed by atoms with E-state index in [9.17, 15) is 13.6 Å². The summed E-state index contributed by atoms with van der Waals surface area (Å²) < 4.78 is 27.7. The van der Waals surface area contributed by atoms with Crippen molar-refractivity contribution in [1.82, 2.24) is 9.61 Å². The van der Waals surface area contributed by atoms with Gasteiger partial charge in [0, 0.05) is 17.7 Å². The molecule has 1 aromatic carbocycles. The third kappa shape index (κ3) is 5.60. The predicted octanol–water partition coefficient (Wildman–Crippen LogP) is 4.87. The molecule has 1 unspecified atom stereocenters. The number of carbonyl (C=O) groups excluding carboxylic acids is 1. The molecule has 0 fully saturated rings. The van der Waals surface area contributed by atoms with E-state index in [1.165, 1.54) is 0 Å². The lowest BCUT2D eigenvalue weighted by Gasteiger charge is -2.16. The van der Waals surface area contributed by atoms with E-state index in [1.807, 2.05) is 42.6 Å². The number of benzene rings is 1. The maximum atomic E-state index is 11.7. The molecule has 0 spiro atoms. The molecule has 0 radical (unpaired) electrons. The first-order valence-corrected chi connectivity index (χ1v) is 12.0. The lowest BCUT2D eigenvalue weighted by Crippen LogP contribution is -2.07. The lowest BCUT2D eigenvalue weighted by molar-refractivity contribution is -0.143. The van der Waals surface area contributed by atoms with Crippen LogP contribution in [0.1, 0.15) is 55.6 Å². The van der Waals surface area contributed by atoms with Gasteiger partial charge in [-0.3, -0.25) is 4.79 Å². The number of carbonyl (C=O) groups is 1. The van der Waals surface area contributed by atoms with Gasteiger partial charge in [0.15, 0.2) is 11.1 Å². The zero-order valence-electron chi connectivity index (χ0n) is 18.4. The van der Waals surface area contributed by atoms with Gasteiger partial charge in [-0.1, -0.05) is 31.2 Å². The van der Waals surface area contributed by atoms with E-state index in [1.54, 1.807) is 0 Å². The van der Waals surface area contributed by atoms with Crippen LogP contribution in [0.15, 0.2) is 36.4 Å². The molecule has 0 aliphatic carbocycles. The smallest absolute Gasteiger partial charge is 0.305 e. The molecule has 7 heteroatoms. The number of rotatable bonds is 10. The minimum Gasteiger partial charge on any atom is -0.466 e. The summed E-state index contributed by atoms with van der Waals surface area (Å²) in [5.41, 5.74) is 7.22. The Morgan fingerprint density at radius 1 is 1.19 bits per heavy atom. The Morgan fingerprint density at radius 3 is 2.71 bits per heavy atom. The Balaban J connectivity index is 2.00. The van der Waals surface area contributed by atoms with Crippen molar-refractivity contribution in [2.45, 2.75) is 58.6 Å². The van der Waals surface area contributed by atoms with Crippen LogP contribution < -0.4 is 0 Å². The van der Waals surface area contributed by atoms with Crippen molar-refractivity contribution in [2.75, 3.05) is 6.61 Å². The number of unbranched alkanes of at least 4 members (excludes halogenated alkanes) is 1. The van der Waals surface area contributed by atoms with E-state index >= 15 is 0 Å². The van der Waals surface area contributed by atoms with Crippen LogP contribution in [-0.4, -0.2) is 31.0 Å². The molecule has 31 heavy (non-hydrogen) atoms. The number of ether oxygens (including phenoxy) is 1. The maximum absolute atomic E-state index is 11.7. The van der Waals surface area contributed by atoms with E-state index < -0.39 is 11.1 Å². The normalized spacial score (nSPS) is 12.3. The van der Waals surface area contributed by atoms with Crippen LogP contribution in [0.4, 0.5) is 0 Å². The zero-order valence-corrected chi connectivity index (χ0v) is 19.2. The Kier molecular flexibility index (Phi) is 7.98. The monoisotopic (exact) mass is 442 g/mol. The summed E-state index contributed by atoms with van der Waals surface area (Å²) in [6.07, 6.45) is 3.70. The lowest BCUT2D eigenvalue weighted by atomic mass is 9.94. The second-order valence-corrected chi connectivity index (χ2v) is 8.52. The molecular formula is C24H30N2O4S. The molecule has 0 aliphatic heterocycles. The van der Waals surface area contributed by atoms with E-state index in [4.69, 9.17) is 9.84 Å². The molecule has 6 nitrogen and oxygen atoms in total. The summed E-state index contributed by atoms with van der Waals surface area (Å²) in [5.74, 6) is -0.0542. The molecule has 3 aromatic rings. The van der Waals surface area contributed by atoms with Gasteiger partial charge in [0.05, 0.1) is 23.6 Å². The van der Waals surface area contributed by atoms with Gasteiger partial charge in [-0.05, 0) is 68.4 Å². The predicted molar refractivity (Wildman–Crippen MR) is 123 cm³/mol. The van der Waals surface area contributed by atoms with E-state index in [2.05, 4.69) is 19.1 Å². The largest absolute Gasteiger partial charge is 0.466 e. The van der Waals surface area contributed by atoms with Crippen LogP contribution in [0.3, 0.4) is 0 Å². The Labute approximate surface area is 185 Å². The summed E-state index contributed by atoms with van der Waals surface area (Å²) >= 11 is -1.89. The first-order valence-electron chi connectivity index (χ1n) is 10.8. The molecule has 0 amide bonds. The van der Waals surface area contributed by atoms with E-state index in [-0.39, 0.29) is 11.7 Å². The number of aromatic nitrogens is 2. The molecule has 166 valence electrons. The minimum atomic E-state index is -1.89. The van der Waals surface area contributed by atoms with Crippen molar-refractivity contribution in [2.24, 2.45) is 0 Å². The van der Waals surface area contributed by atoms with Crippen molar-refractivity contribution in [1.29, 1.82) is 0 Å².